The average molecular weight is 334 g/mol. The summed E-state index contributed by atoms with van der Waals surface area (Å²) in [6, 6.07) is 6.94. The molecule has 18 heavy (non-hydrogen) atoms. The second kappa shape index (κ2) is 5.69. The van der Waals surface area contributed by atoms with Crippen LogP contribution in [0.25, 0.3) is 0 Å². The van der Waals surface area contributed by atoms with Gasteiger partial charge in [0, 0.05) is 18.4 Å². The number of piperidine rings is 1. The van der Waals surface area contributed by atoms with E-state index in [2.05, 4.69) is 15.9 Å². The topological polar surface area (TPSA) is 57.6 Å². The second-order valence-corrected chi connectivity index (χ2v) is 6.91. The number of benzene rings is 1. The van der Waals surface area contributed by atoms with Gasteiger partial charge in [-0.05, 0) is 30.5 Å². The maximum absolute atomic E-state index is 12.4. The Morgan fingerprint density at radius 3 is 2.61 bits per heavy atom. The molecule has 0 amide bonds. The predicted molar refractivity (Wildman–Crippen MR) is 73.1 cm³/mol. The Hall–Kier alpha value is -0.430. The first kappa shape index (κ1) is 14.0. The Kier molecular flexibility index (Phi) is 4.42. The first-order chi connectivity index (χ1) is 8.54. The number of hydrogen-bond donors (Lipinski definition) is 1. The lowest BCUT2D eigenvalue weighted by Gasteiger charge is -2.28. The second-order valence-electron chi connectivity index (χ2n) is 4.42. The van der Waals surface area contributed by atoms with Gasteiger partial charge in [-0.3, -0.25) is 0 Å². The molecule has 2 rings (SSSR count). The van der Waals surface area contributed by atoms with Crippen LogP contribution in [-0.4, -0.2) is 37.0 Å². The van der Waals surface area contributed by atoms with Gasteiger partial charge < -0.3 is 5.11 Å². The molecule has 1 aliphatic rings. The van der Waals surface area contributed by atoms with Crippen LogP contribution in [0, 0.1) is 0 Å². The van der Waals surface area contributed by atoms with Gasteiger partial charge in [0.15, 0.2) is 0 Å². The van der Waals surface area contributed by atoms with Crippen LogP contribution in [0.15, 0.2) is 29.2 Å². The summed E-state index contributed by atoms with van der Waals surface area (Å²) in [6.07, 6.45) is 0.652. The van der Waals surface area contributed by atoms with Gasteiger partial charge in [0.2, 0.25) is 10.0 Å². The van der Waals surface area contributed by atoms with Crippen LogP contribution in [0.1, 0.15) is 18.4 Å². The van der Waals surface area contributed by atoms with Gasteiger partial charge in [0.25, 0.3) is 0 Å². The molecule has 0 unspecified atom stereocenters. The Labute approximate surface area is 116 Å². The maximum atomic E-state index is 12.4. The van der Waals surface area contributed by atoms with Crippen LogP contribution in [0.3, 0.4) is 0 Å². The SMILES string of the molecule is O=S(=O)(c1cccc(CBr)c1)N1CCC(O)CC1. The van der Waals surface area contributed by atoms with Crippen molar-refractivity contribution >= 4 is 26.0 Å². The third-order valence-electron chi connectivity index (χ3n) is 3.11. The van der Waals surface area contributed by atoms with Gasteiger partial charge in [-0.1, -0.05) is 28.1 Å². The van der Waals surface area contributed by atoms with Gasteiger partial charge in [0.05, 0.1) is 11.0 Å². The number of alkyl halides is 1. The lowest BCUT2D eigenvalue weighted by Crippen LogP contribution is -2.40. The molecule has 1 saturated heterocycles. The highest BCUT2D eigenvalue weighted by atomic mass is 79.9. The predicted octanol–water partition coefficient (Wildman–Crippen LogP) is 1.73. The van der Waals surface area contributed by atoms with E-state index in [0.29, 0.717) is 36.2 Å². The maximum Gasteiger partial charge on any atom is 0.243 e. The minimum absolute atomic E-state index is 0.329. The summed E-state index contributed by atoms with van der Waals surface area (Å²) < 4.78 is 26.2. The smallest absolute Gasteiger partial charge is 0.243 e. The monoisotopic (exact) mass is 333 g/mol. The summed E-state index contributed by atoms with van der Waals surface area (Å²) >= 11 is 3.32. The van der Waals surface area contributed by atoms with E-state index in [1.54, 1.807) is 18.2 Å². The Bertz CT molecular complexity index is 510. The largest absolute Gasteiger partial charge is 0.393 e. The summed E-state index contributed by atoms with van der Waals surface area (Å²) in [7, 11) is -3.42. The summed E-state index contributed by atoms with van der Waals surface area (Å²) in [5.41, 5.74) is 0.938. The fourth-order valence-electron chi connectivity index (χ4n) is 2.02. The zero-order valence-corrected chi connectivity index (χ0v) is 12.3. The molecule has 1 N–H and O–H groups in total. The van der Waals surface area contributed by atoms with Crippen molar-refractivity contribution in [3.8, 4) is 0 Å². The Morgan fingerprint density at radius 2 is 2.00 bits per heavy atom. The molecule has 0 radical (unpaired) electrons. The van der Waals surface area contributed by atoms with Crippen LogP contribution < -0.4 is 0 Å². The molecule has 1 aromatic rings. The molecule has 0 saturated carbocycles. The minimum Gasteiger partial charge on any atom is -0.393 e. The fraction of sp³-hybridized carbons (Fsp3) is 0.500. The quantitative estimate of drug-likeness (QED) is 0.857. The molecule has 0 atom stereocenters. The Balaban J connectivity index is 2.24. The summed E-state index contributed by atoms with van der Waals surface area (Å²) in [4.78, 5) is 0.329. The molecule has 1 aromatic carbocycles. The number of aliphatic hydroxyl groups excluding tert-OH is 1. The van der Waals surface area contributed by atoms with E-state index in [-0.39, 0.29) is 6.10 Å². The van der Waals surface area contributed by atoms with Crippen molar-refractivity contribution in [1.29, 1.82) is 0 Å². The highest BCUT2D eigenvalue weighted by Crippen LogP contribution is 2.22. The van der Waals surface area contributed by atoms with Crippen molar-refractivity contribution in [3.63, 3.8) is 0 Å². The van der Waals surface area contributed by atoms with Gasteiger partial charge in [-0.15, -0.1) is 0 Å². The lowest BCUT2D eigenvalue weighted by atomic mass is 10.1. The first-order valence-corrected chi connectivity index (χ1v) is 8.43. The number of hydrogen-bond acceptors (Lipinski definition) is 3. The lowest BCUT2D eigenvalue weighted by molar-refractivity contribution is 0.113. The molecule has 0 aromatic heterocycles. The molecule has 1 fully saturated rings. The van der Waals surface area contributed by atoms with Crippen molar-refractivity contribution in [1.82, 2.24) is 4.31 Å². The average Bonchev–Trinajstić information content (AvgIpc) is 2.39. The van der Waals surface area contributed by atoms with E-state index < -0.39 is 10.0 Å². The zero-order valence-electron chi connectivity index (χ0n) is 9.92. The number of halogens is 1. The van der Waals surface area contributed by atoms with Crippen molar-refractivity contribution < 1.29 is 13.5 Å². The fourth-order valence-corrected chi connectivity index (χ4v) is 3.91. The van der Waals surface area contributed by atoms with Crippen molar-refractivity contribution in [2.45, 2.75) is 29.2 Å². The van der Waals surface area contributed by atoms with E-state index in [1.807, 2.05) is 6.07 Å². The van der Waals surface area contributed by atoms with Crippen LogP contribution in [0.4, 0.5) is 0 Å². The van der Waals surface area contributed by atoms with Gasteiger partial charge in [-0.2, -0.15) is 4.31 Å². The van der Waals surface area contributed by atoms with Gasteiger partial charge in [0.1, 0.15) is 0 Å². The molecule has 1 heterocycles. The summed E-state index contributed by atoms with van der Waals surface area (Å²) in [6.45, 7) is 0.782. The molecule has 1 aliphatic heterocycles. The van der Waals surface area contributed by atoms with Crippen LogP contribution in [0.5, 0.6) is 0 Å². The van der Waals surface area contributed by atoms with Crippen LogP contribution in [0.2, 0.25) is 0 Å². The van der Waals surface area contributed by atoms with E-state index in [0.717, 1.165) is 5.56 Å². The Morgan fingerprint density at radius 1 is 1.33 bits per heavy atom. The van der Waals surface area contributed by atoms with Crippen molar-refractivity contribution in [2.75, 3.05) is 13.1 Å². The highest BCUT2D eigenvalue weighted by molar-refractivity contribution is 9.08. The van der Waals surface area contributed by atoms with E-state index in [9.17, 15) is 13.5 Å². The zero-order chi connectivity index (χ0) is 13.2. The number of sulfonamides is 1. The third kappa shape index (κ3) is 2.93. The number of nitrogens with zero attached hydrogens (tertiary/aromatic N) is 1. The van der Waals surface area contributed by atoms with Crippen LogP contribution >= 0.6 is 15.9 Å². The molecule has 4 nitrogen and oxygen atoms in total. The van der Waals surface area contributed by atoms with E-state index in [4.69, 9.17) is 0 Å². The third-order valence-corrected chi connectivity index (χ3v) is 5.66. The molecule has 100 valence electrons. The molecular formula is C12H16BrNO3S. The molecule has 0 bridgehead atoms. The molecular weight excluding hydrogens is 318 g/mol. The van der Waals surface area contributed by atoms with Crippen molar-refractivity contribution in [3.05, 3.63) is 29.8 Å². The molecule has 0 spiro atoms. The first-order valence-electron chi connectivity index (χ1n) is 5.87. The normalized spacial score (nSPS) is 19.0. The van der Waals surface area contributed by atoms with E-state index >= 15 is 0 Å². The molecule has 6 heteroatoms. The van der Waals surface area contributed by atoms with Crippen molar-refractivity contribution in [2.24, 2.45) is 0 Å². The summed E-state index contributed by atoms with van der Waals surface area (Å²) in [5.74, 6) is 0. The van der Waals surface area contributed by atoms with Gasteiger partial charge in [-0.25, -0.2) is 8.42 Å². The number of aliphatic hydroxyl groups is 1. The summed E-state index contributed by atoms with van der Waals surface area (Å²) in [5, 5.41) is 10.1. The molecule has 0 aliphatic carbocycles. The van der Waals surface area contributed by atoms with Gasteiger partial charge >= 0.3 is 0 Å². The number of rotatable bonds is 3. The minimum atomic E-state index is -3.42. The standard InChI is InChI=1S/C12H16BrNO3S/c13-9-10-2-1-3-12(8-10)18(16,17)14-6-4-11(15)5-7-14/h1-3,8,11,15H,4-7,9H2. The van der Waals surface area contributed by atoms with E-state index in [1.165, 1.54) is 4.31 Å². The highest BCUT2D eigenvalue weighted by Gasteiger charge is 2.28. The van der Waals surface area contributed by atoms with Crippen LogP contribution in [-0.2, 0) is 15.4 Å².